The van der Waals surface area contributed by atoms with Crippen LogP contribution in [0.2, 0.25) is 0 Å². The Kier molecular flexibility index (Phi) is 7.12. The molecule has 0 aromatic heterocycles. The van der Waals surface area contributed by atoms with E-state index in [1.165, 1.54) is 30.3 Å². The fourth-order valence-corrected chi connectivity index (χ4v) is 5.60. The van der Waals surface area contributed by atoms with E-state index in [4.69, 9.17) is 9.47 Å². The fourth-order valence-electron chi connectivity index (χ4n) is 4.53. The van der Waals surface area contributed by atoms with Gasteiger partial charge < -0.3 is 14.4 Å². The Morgan fingerprint density at radius 1 is 1.17 bits per heavy atom. The van der Waals surface area contributed by atoms with Gasteiger partial charge in [0.1, 0.15) is 0 Å². The fraction of sp³-hybridized carbons (Fsp3) is 0.385. The molecule has 0 aliphatic carbocycles. The highest BCUT2D eigenvalue weighted by Crippen LogP contribution is 2.46. The van der Waals surface area contributed by atoms with E-state index < -0.39 is 22.6 Å². The summed E-state index contributed by atoms with van der Waals surface area (Å²) in [7, 11) is -1.81. The third-order valence-electron chi connectivity index (χ3n) is 6.51. The minimum absolute atomic E-state index is 0.0407. The molecule has 2 aliphatic heterocycles. The Balaban J connectivity index is 1.35. The predicted octanol–water partition coefficient (Wildman–Crippen LogP) is 3.18. The van der Waals surface area contributed by atoms with E-state index in [2.05, 4.69) is 4.72 Å². The van der Waals surface area contributed by atoms with E-state index in [0.29, 0.717) is 6.61 Å². The van der Waals surface area contributed by atoms with Crippen LogP contribution in [-0.4, -0.2) is 53.1 Å². The van der Waals surface area contributed by atoms with Crippen molar-refractivity contribution >= 4 is 27.5 Å². The van der Waals surface area contributed by atoms with Crippen LogP contribution in [0.5, 0.6) is 0 Å². The second-order valence-corrected chi connectivity index (χ2v) is 11.1. The second-order valence-electron chi connectivity index (χ2n) is 9.28. The van der Waals surface area contributed by atoms with E-state index >= 15 is 0 Å². The number of hydrogen-bond donors (Lipinski definition) is 1. The number of ether oxygens (including phenoxy) is 2. The molecule has 186 valence electrons. The number of hydrogen-bond acceptors (Lipinski definition) is 7. The van der Waals surface area contributed by atoms with Crippen LogP contribution in [-0.2, 0) is 29.7 Å². The molecule has 1 saturated heterocycles. The van der Waals surface area contributed by atoms with Gasteiger partial charge in [-0.3, -0.25) is 4.79 Å². The maximum absolute atomic E-state index is 12.6. The summed E-state index contributed by atoms with van der Waals surface area (Å²) in [5.74, 6) is -1.03. The number of nitrogens with one attached hydrogen (secondary N) is 1. The second kappa shape index (κ2) is 9.93. The van der Waals surface area contributed by atoms with Crippen molar-refractivity contribution in [2.75, 3.05) is 31.7 Å². The molecule has 1 fully saturated rings. The summed E-state index contributed by atoms with van der Waals surface area (Å²) < 4.78 is 38.1. The summed E-state index contributed by atoms with van der Waals surface area (Å²) in [6, 6.07) is 13.4. The Morgan fingerprint density at radius 2 is 1.89 bits per heavy atom. The molecule has 2 aromatic carbocycles. The van der Waals surface area contributed by atoms with Crippen molar-refractivity contribution in [1.82, 2.24) is 4.72 Å². The number of likely N-dealkylation sites (N-methyl/N-ethyl adjacent to an activating group) is 1. The molecule has 1 unspecified atom stereocenters. The molecule has 2 aliphatic rings. The van der Waals surface area contributed by atoms with Crippen molar-refractivity contribution < 1.29 is 27.5 Å². The summed E-state index contributed by atoms with van der Waals surface area (Å²) in [5.41, 5.74) is 2.79. The minimum atomic E-state index is -3.72. The molecule has 35 heavy (non-hydrogen) atoms. The van der Waals surface area contributed by atoms with Gasteiger partial charge in [-0.15, -0.1) is 0 Å². The molecular weight excluding hydrogens is 468 g/mol. The molecule has 8 nitrogen and oxygen atoms in total. The molecule has 0 saturated carbocycles. The van der Waals surface area contributed by atoms with Crippen LogP contribution in [0.25, 0.3) is 0 Å². The standard InChI is InChI=1S/C26H30N2O6S/c1-26(2)22-8-4-5-9-23(22)28(3)24(26)15-19(29)17-34-25(30)18-10-12-21(13-11-18)35(31,32)27-16-20-7-6-14-33-20/h4-5,8-13,15,20,27H,6-7,14,16-17H2,1-3H3/b24-15-. The van der Waals surface area contributed by atoms with Crippen LogP contribution in [0, 0.1) is 0 Å². The average Bonchev–Trinajstić information content (AvgIpc) is 3.43. The Hall–Kier alpha value is -3.01. The van der Waals surface area contributed by atoms with Gasteiger partial charge in [0, 0.05) is 43.1 Å². The number of ketones is 1. The molecule has 9 heteroatoms. The predicted molar refractivity (Wildman–Crippen MR) is 132 cm³/mol. The third kappa shape index (κ3) is 5.32. The lowest BCUT2D eigenvalue weighted by Crippen LogP contribution is -2.31. The molecular formula is C26H30N2O6S. The van der Waals surface area contributed by atoms with Crippen molar-refractivity contribution in [3.05, 3.63) is 71.4 Å². The lowest BCUT2D eigenvalue weighted by molar-refractivity contribution is -0.117. The number of rotatable bonds is 8. The van der Waals surface area contributed by atoms with Crippen LogP contribution in [0.3, 0.4) is 0 Å². The SMILES string of the molecule is CN1/C(=C\C(=O)COC(=O)c2ccc(S(=O)(=O)NCC3CCCO3)cc2)C(C)(C)c2ccccc21. The van der Waals surface area contributed by atoms with Gasteiger partial charge in [0.25, 0.3) is 0 Å². The molecule has 0 bridgehead atoms. The van der Waals surface area contributed by atoms with Gasteiger partial charge in [-0.1, -0.05) is 32.0 Å². The monoisotopic (exact) mass is 498 g/mol. The van der Waals surface area contributed by atoms with Crippen molar-refractivity contribution in [2.45, 2.75) is 43.1 Å². The van der Waals surface area contributed by atoms with E-state index in [1.54, 1.807) is 0 Å². The topological polar surface area (TPSA) is 102 Å². The summed E-state index contributed by atoms with van der Waals surface area (Å²) in [6.07, 6.45) is 3.15. The van der Waals surface area contributed by atoms with Crippen LogP contribution in [0.4, 0.5) is 5.69 Å². The Labute approximate surface area is 206 Å². The first-order valence-corrected chi connectivity index (χ1v) is 13.0. The van der Waals surface area contributed by atoms with Gasteiger partial charge in [0.15, 0.2) is 12.4 Å². The number of fused-ring (bicyclic) bond motifs is 1. The highest BCUT2D eigenvalue weighted by Gasteiger charge is 2.38. The van der Waals surface area contributed by atoms with Gasteiger partial charge in [0.2, 0.25) is 10.0 Å². The number of allylic oxidation sites excluding steroid dienone is 1. The lowest BCUT2D eigenvalue weighted by Gasteiger charge is -2.23. The average molecular weight is 499 g/mol. The van der Waals surface area contributed by atoms with Gasteiger partial charge >= 0.3 is 5.97 Å². The molecule has 2 aromatic rings. The highest BCUT2D eigenvalue weighted by molar-refractivity contribution is 7.89. The van der Waals surface area contributed by atoms with E-state index in [1.807, 2.05) is 50.1 Å². The van der Waals surface area contributed by atoms with E-state index in [0.717, 1.165) is 29.8 Å². The summed E-state index contributed by atoms with van der Waals surface area (Å²) >= 11 is 0. The van der Waals surface area contributed by atoms with Crippen molar-refractivity contribution in [2.24, 2.45) is 0 Å². The van der Waals surface area contributed by atoms with Gasteiger partial charge in [-0.05, 0) is 48.7 Å². The van der Waals surface area contributed by atoms with E-state index in [-0.39, 0.29) is 34.3 Å². The smallest absolute Gasteiger partial charge is 0.338 e. The Morgan fingerprint density at radius 3 is 2.54 bits per heavy atom. The normalized spacial score (nSPS) is 20.1. The zero-order valence-electron chi connectivity index (χ0n) is 20.1. The molecule has 0 amide bonds. The summed E-state index contributed by atoms with van der Waals surface area (Å²) in [6.45, 7) is 4.54. The largest absolute Gasteiger partial charge is 0.454 e. The minimum Gasteiger partial charge on any atom is -0.454 e. The zero-order valence-corrected chi connectivity index (χ0v) is 20.9. The highest BCUT2D eigenvalue weighted by atomic mass is 32.2. The zero-order chi connectivity index (χ0) is 25.2. The molecule has 4 rings (SSSR count). The van der Waals surface area contributed by atoms with Crippen molar-refractivity contribution in [3.63, 3.8) is 0 Å². The maximum Gasteiger partial charge on any atom is 0.338 e. The molecule has 1 N–H and O–H groups in total. The number of esters is 1. The number of sulfonamides is 1. The Bertz CT molecular complexity index is 1240. The van der Waals surface area contributed by atoms with E-state index in [9.17, 15) is 18.0 Å². The first-order chi connectivity index (χ1) is 16.6. The van der Waals surface area contributed by atoms with Crippen LogP contribution in [0.1, 0.15) is 42.6 Å². The number of anilines is 1. The third-order valence-corrected chi connectivity index (χ3v) is 7.95. The van der Waals surface area contributed by atoms with Crippen molar-refractivity contribution in [3.8, 4) is 0 Å². The number of para-hydroxylation sites is 1. The summed E-state index contributed by atoms with van der Waals surface area (Å²) in [5, 5.41) is 0. The number of nitrogens with zero attached hydrogens (tertiary/aromatic N) is 1. The van der Waals surface area contributed by atoms with Gasteiger partial charge in [-0.2, -0.15) is 0 Å². The maximum atomic E-state index is 12.6. The van der Waals surface area contributed by atoms with Crippen LogP contribution >= 0.6 is 0 Å². The van der Waals surface area contributed by atoms with Gasteiger partial charge in [0.05, 0.1) is 16.6 Å². The molecule has 0 spiro atoms. The number of benzene rings is 2. The first kappa shape index (κ1) is 25.1. The first-order valence-electron chi connectivity index (χ1n) is 11.6. The number of carbonyl (C=O) groups excluding carboxylic acids is 2. The molecule has 2 heterocycles. The molecule has 0 radical (unpaired) electrons. The molecule has 1 atom stereocenters. The van der Waals surface area contributed by atoms with Crippen LogP contribution in [0.15, 0.2) is 65.2 Å². The number of carbonyl (C=O) groups is 2. The lowest BCUT2D eigenvalue weighted by atomic mass is 9.83. The van der Waals surface area contributed by atoms with Crippen molar-refractivity contribution in [1.29, 1.82) is 0 Å². The summed E-state index contributed by atoms with van der Waals surface area (Å²) in [4.78, 5) is 27.1. The quantitative estimate of drug-likeness (QED) is 0.441. The van der Waals surface area contributed by atoms with Crippen LogP contribution < -0.4 is 9.62 Å². The van der Waals surface area contributed by atoms with Gasteiger partial charge in [-0.25, -0.2) is 17.9 Å².